The van der Waals surface area contributed by atoms with Crippen LogP contribution in [0.25, 0.3) is 27.7 Å². The van der Waals surface area contributed by atoms with Gasteiger partial charge >= 0.3 is 0 Å². The Kier molecular flexibility index (Phi) is 5.10. The molecule has 0 bridgehead atoms. The van der Waals surface area contributed by atoms with Gasteiger partial charge in [0.1, 0.15) is 23.5 Å². The van der Waals surface area contributed by atoms with Crippen LogP contribution in [0.3, 0.4) is 0 Å². The summed E-state index contributed by atoms with van der Waals surface area (Å²) in [7, 11) is 1.24. The summed E-state index contributed by atoms with van der Waals surface area (Å²) in [5, 5.41) is 6.63. The molecule has 0 aliphatic carbocycles. The summed E-state index contributed by atoms with van der Waals surface area (Å²) in [5.41, 5.74) is 0.264. The third kappa shape index (κ3) is 4.00. The first-order chi connectivity index (χ1) is 18.3. The van der Waals surface area contributed by atoms with Gasteiger partial charge in [-0.05, 0) is 38.0 Å². The average molecular weight is 513 g/mol. The topological polar surface area (TPSA) is 72.5 Å². The second-order valence-electron chi connectivity index (χ2n) is 8.58. The largest absolute Gasteiger partial charge is 0.479 e. The third-order valence-corrected chi connectivity index (χ3v) is 6.24. The highest BCUT2D eigenvalue weighted by Gasteiger charge is 2.44. The number of aromatic nitrogens is 5. The first-order valence-corrected chi connectivity index (χ1v) is 11.1. The molecule has 1 aliphatic rings. The molecule has 1 fully saturated rings. The van der Waals surface area contributed by atoms with Gasteiger partial charge in [0.2, 0.25) is 11.8 Å². The van der Waals surface area contributed by atoms with Crippen LogP contribution in [0.15, 0.2) is 18.3 Å². The number of piperidine rings is 1. The summed E-state index contributed by atoms with van der Waals surface area (Å²) in [4.78, 5) is 8.99. The van der Waals surface area contributed by atoms with Crippen LogP contribution in [0.5, 0.6) is 5.88 Å². The van der Waals surface area contributed by atoms with E-state index in [1.54, 1.807) is 6.92 Å². The Morgan fingerprint density at radius 1 is 1.25 bits per heavy atom. The number of alkyl halides is 3. The third-order valence-electron chi connectivity index (χ3n) is 6.24. The monoisotopic (exact) mass is 512 g/mol. The number of halogens is 5. The van der Waals surface area contributed by atoms with Gasteiger partial charge < -0.3 is 19.5 Å². The van der Waals surface area contributed by atoms with E-state index >= 15 is 8.78 Å². The van der Waals surface area contributed by atoms with Crippen LogP contribution in [-0.4, -0.2) is 74.9 Å². The lowest BCUT2D eigenvalue weighted by Gasteiger charge is -2.36. The summed E-state index contributed by atoms with van der Waals surface area (Å²) in [5.74, 6) is -5.08. The van der Waals surface area contributed by atoms with Crippen LogP contribution in [0.4, 0.5) is 27.9 Å². The molecule has 1 atom stereocenters. The summed E-state index contributed by atoms with van der Waals surface area (Å²) in [6, 6.07) is 1.06. The quantitative estimate of drug-likeness (QED) is 0.393. The highest BCUT2D eigenvalue weighted by Crippen LogP contribution is 2.37. The lowest BCUT2D eigenvalue weighted by Crippen LogP contribution is -2.53. The average Bonchev–Trinajstić information content (AvgIpc) is 3.35. The van der Waals surface area contributed by atoms with Gasteiger partial charge in [0.05, 0.1) is 43.5 Å². The first-order valence-electron chi connectivity index (χ1n) is 12.6. The fourth-order valence-electron chi connectivity index (χ4n) is 4.58. The van der Waals surface area contributed by atoms with Crippen LogP contribution in [0.2, 0.25) is 0 Å². The lowest BCUT2D eigenvalue weighted by atomic mass is 10.0. The van der Waals surface area contributed by atoms with Gasteiger partial charge in [-0.1, -0.05) is 0 Å². The van der Waals surface area contributed by atoms with Crippen molar-refractivity contribution in [1.82, 2.24) is 29.0 Å². The maximum absolute atomic E-state index is 15.3. The van der Waals surface area contributed by atoms with Crippen molar-refractivity contribution in [3.05, 3.63) is 35.8 Å². The number of hydrogen-bond donors (Lipinski definition) is 1. The maximum atomic E-state index is 15.3. The van der Waals surface area contributed by atoms with Crippen LogP contribution < -0.4 is 10.1 Å². The highest BCUT2D eigenvalue weighted by atomic mass is 19.3. The van der Waals surface area contributed by atoms with Crippen molar-refractivity contribution in [3.8, 4) is 17.0 Å². The Hall–Kier alpha value is -3.48. The molecule has 5 rings (SSSR count). The number of methoxy groups -OCH3 is 1. The number of imidazole rings is 1. The maximum Gasteiger partial charge on any atom is 0.280 e. The van der Waals surface area contributed by atoms with E-state index in [-0.39, 0.29) is 59.0 Å². The van der Waals surface area contributed by atoms with E-state index in [4.69, 9.17) is 8.85 Å². The molecular formula is C23H24F5N7O. The fraction of sp³-hybridized carbons (Fsp3) is 0.435. The van der Waals surface area contributed by atoms with Crippen molar-refractivity contribution >= 4 is 22.5 Å². The Morgan fingerprint density at radius 2 is 2.06 bits per heavy atom. The Labute approximate surface area is 206 Å². The summed E-state index contributed by atoms with van der Waals surface area (Å²) in [6.07, 6.45) is 0.757. The molecule has 1 aliphatic heterocycles. The minimum atomic E-state index is -3.43. The molecule has 1 saturated heterocycles. The number of aryl methyl sites for hydroxylation is 2. The molecule has 0 saturated carbocycles. The van der Waals surface area contributed by atoms with Gasteiger partial charge in [0.15, 0.2) is 11.6 Å². The van der Waals surface area contributed by atoms with Crippen molar-refractivity contribution in [2.45, 2.75) is 31.9 Å². The van der Waals surface area contributed by atoms with Gasteiger partial charge in [-0.25, -0.2) is 31.5 Å². The number of likely N-dealkylation sites (tertiary alicyclic amines) is 1. The molecule has 1 N–H and O–H groups in total. The van der Waals surface area contributed by atoms with Gasteiger partial charge in [-0.3, -0.25) is 0 Å². The second kappa shape index (κ2) is 8.87. The Morgan fingerprint density at radius 3 is 2.75 bits per heavy atom. The van der Waals surface area contributed by atoms with Gasteiger partial charge in [-0.15, -0.1) is 5.10 Å². The summed E-state index contributed by atoms with van der Waals surface area (Å²) in [6.45, 7) is -2.94. The smallest absolute Gasteiger partial charge is 0.280 e. The van der Waals surface area contributed by atoms with E-state index in [9.17, 15) is 13.2 Å². The molecule has 13 heteroatoms. The number of nitrogens with one attached hydrogen (secondary N) is 1. The molecule has 192 valence electrons. The molecule has 1 aromatic carbocycles. The van der Waals surface area contributed by atoms with Crippen molar-refractivity contribution in [2.24, 2.45) is 0 Å². The predicted molar refractivity (Wildman–Crippen MR) is 123 cm³/mol. The molecule has 4 heterocycles. The zero-order valence-electron chi connectivity index (χ0n) is 22.3. The van der Waals surface area contributed by atoms with E-state index in [1.807, 2.05) is 0 Å². The predicted octanol–water partition coefficient (Wildman–Crippen LogP) is 4.06. The minimum Gasteiger partial charge on any atom is -0.479 e. The minimum absolute atomic E-state index is 0.00814. The number of nitrogens with zero attached hydrogens (tertiary/aromatic N) is 6. The zero-order valence-corrected chi connectivity index (χ0v) is 19.3. The van der Waals surface area contributed by atoms with Crippen LogP contribution >= 0.6 is 0 Å². The number of hydrogen-bond acceptors (Lipinski definition) is 6. The fourth-order valence-corrected chi connectivity index (χ4v) is 4.58. The van der Waals surface area contributed by atoms with Crippen molar-refractivity contribution < 1.29 is 30.8 Å². The molecule has 0 radical (unpaired) electrons. The summed E-state index contributed by atoms with van der Waals surface area (Å²) >= 11 is 0. The van der Waals surface area contributed by atoms with E-state index < -0.39 is 43.8 Å². The van der Waals surface area contributed by atoms with Crippen molar-refractivity contribution in [3.63, 3.8) is 0 Å². The SMILES string of the molecule is [2H]C([2H])([2H])N1CC[C@@H](Nc2nc(OC)c3c(-c4cc(F)c5nc(C)n(CCF)c5c4)c(F)cn3n2)C(F)(F)C1. The number of ether oxygens (including phenoxy) is 1. The Balaban J connectivity index is 1.55. The normalized spacial score (nSPS) is 19.9. The molecular weight excluding hydrogens is 485 g/mol. The van der Waals surface area contributed by atoms with E-state index in [1.165, 1.54) is 17.7 Å². The molecule has 3 aromatic heterocycles. The van der Waals surface area contributed by atoms with Crippen molar-refractivity contribution in [1.29, 1.82) is 0 Å². The van der Waals surface area contributed by atoms with Crippen LogP contribution in [0, 0.1) is 18.6 Å². The number of benzene rings is 1. The molecule has 8 nitrogen and oxygen atoms in total. The highest BCUT2D eigenvalue weighted by molar-refractivity contribution is 5.90. The lowest BCUT2D eigenvalue weighted by molar-refractivity contribution is -0.0675. The molecule has 0 unspecified atom stereocenters. The second-order valence-corrected chi connectivity index (χ2v) is 8.58. The molecule has 36 heavy (non-hydrogen) atoms. The van der Waals surface area contributed by atoms with Crippen LogP contribution in [0.1, 0.15) is 16.4 Å². The van der Waals surface area contributed by atoms with E-state index in [0.717, 1.165) is 21.7 Å². The zero-order chi connectivity index (χ0) is 28.3. The van der Waals surface area contributed by atoms with Crippen LogP contribution in [-0.2, 0) is 6.54 Å². The van der Waals surface area contributed by atoms with E-state index in [0.29, 0.717) is 5.82 Å². The standard InChI is InChI=1S/C23H24F5N7O/c1-12-29-19-14(25)8-13(9-16(19)34(12)7-5-24)18-15(26)10-35-20(18)21(36-3)31-22(32-35)30-17-4-6-33(2)11-23(17,27)28/h8-10,17H,4-7,11H2,1-3H3,(H,30,32)/t17-/m1/s1/i2D3. The first kappa shape index (κ1) is 20.7. The van der Waals surface area contributed by atoms with E-state index in [2.05, 4.69) is 20.4 Å². The Bertz CT molecular complexity index is 1560. The molecule has 0 spiro atoms. The summed E-state index contributed by atoms with van der Waals surface area (Å²) < 4.78 is 103. The van der Waals surface area contributed by atoms with Crippen molar-refractivity contribution in [2.75, 3.05) is 39.2 Å². The molecule has 0 amide bonds. The van der Waals surface area contributed by atoms with Gasteiger partial charge in [0.25, 0.3) is 5.92 Å². The number of rotatable bonds is 6. The number of anilines is 1. The van der Waals surface area contributed by atoms with Gasteiger partial charge in [-0.2, -0.15) is 4.98 Å². The molecule has 4 aromatic rings. The van der Waals surface area contributed by atoms with Gasteiger partial charge in [0, 0.05) is 10.7 Å². The number of fused-ring (bicyclic) bond motifs is 2.